The molecule has 0 fully saturated rings. The Kier molecular flexibility index (Phi) is 3.91. The van der Waals surface area contributed by atoms with E-state index in [4.69, 9.17) is 4.42 Å². The van der Waals surface area contributed by atoms with Crippen molar-refractivity contribution >= 4 is 5.91 Å². The first-order valence-corrected chi connectivity index (χ1v) is 4.99. The highest BCUT2D eigenvalue weighted by Gasteiger charge is 2.13. The summed E-state index contributed by atoms with van der Waals surface area (Å²) in [6.45, 7) is 3.57. The van der Waals surface area contributed by atoms with Gasteiger partial charge in [0, 0.05) is 19.4 Å². The van der Waals surface area contributed by atoms with Crippen LogP contribution in [0.15, 0.2) is 22.8 Å². The number of nitrogens with one attached hydrogen (secondary N) is 1. The Hall–Kier alpha value is -1.29. The quantitative estimate of drug-likeness (QED) is 0.766. The maximum Gasteiger partial charge on any atom is 0.220 e. The second kappa shape index (κ2) is 4.98. The molecule has 0 bridgehead atoms. The normalized spacial score (nSPS) is 11.4. The monoisotopic (exact) mass is 211 g/mol. The van der Waals surface area contributed by atoms with E-state index >= 15 is 0 Å². The number of amides is 1. The molecule has 15 heavy (non-hydrogen) atoms. The Labute approximate surface area is 89.3 Å². The number of rotatable bonds is 5. The van der Waals surface area contributed by atoms with Gasteiger partial charge in [-0.3, -0.25) is 4.79 Å². The summed E-state index contributed by atoms with van der Waals surface area (Å²) in [6, 6.07) is 3.63. The number of carbonyl (C=O) groups is 1. The molecule has 2 N–H and O–H groups in total. The number of furan rings is 1. The van der Waals surface area contributed by atoms with Gasteiger partial charge in [-0.2, -0.15) is 0 Å². The number of hydrogen-bond donors (Lipinski definition) is 2. The van der Waals surface area contributed by atoms with Crippen molar-refractivity contribution in [1.29, 1.82) is 0 Å². The molecule has 0 atom stereocenters. The van der Waals surface area contributed by atoms with E-state index in [1.54, 1.807) is 26.2 Å². The molecular formula is C11H17NO3. The maximum atomic E-state index is 11.3. The molecular weight excluding hydrogens is 194 g/mol. The Balaban J connectivity index is 2.20. The Morgan fingerprint density at radius 3 is 2.87 bits per heavy atom. The van der Waals surface area contributed by atoms with Gasteiger partial charge in [0.15, 0.2) is 0 Å². The van der Waals surface area contributed by atoms with E-state index < -0.39 is 5.60 Å². The van der Waals surface area contributed by atoms with Gasteiger partial charge in [-0.05, 0) is 26.0 Å². The van der Waals surface area contributed by atoms with E-state index in [-0.39, 0.29) is 12.5 Å². The predicted molar refractivity (Wildman–Crippen MR) is 56.3 cm³/mol. The molecule has 0 aliphatic rings. The van der Waals surface area contributed by atoms with Gasteiger partial charge in [0.25, 0.3) is 0 Å². The second-order valence-corrected chi connectivity index (χ2v) is 4.17. The minimum absolute atomic E-state index is 0.0754. The molecule has 0 aromatic carbocycles. The van der Waals surface area contributed by atoms with Crippen molar-refractivity contribution in [2.45, 2.75) is 32.3 Å². The van der Waals surface area contributed by atoms with Crippen LogP contribution in [-0.2, 0) is 11.2 Å². The lowest BCUT2D eigenvalue weighted by Gasteiger charge is -2.17. The summed E-state index contributed by atoms with van der Waals surface area (Å²) in [4.78, 5) is 11.3. The van der Waals surface area contributed by atoms with E-state index in [9.17, 15) is 9.90 Å². The molecule has 4 heteroatoms. The first kappa shape index (κ1) is 11.8. The fourth-order valence-electron chi connectivity index (χ4n) is 1.09. The van der Waals surface area contributed by atoms with Gasteiger partial charge in [-0.1, -0.05) is 0 Å². The molecule has 0 saturated heterocycles. The lowest BCUT2D eigenvalue weighted by molar-refractivity contribution is -0.122. The average Bonchev–Trinajstić information content (AvgIpc) is 2.62. The average molecular weight is 211 g/mol. The second-order valence-electron chi connectivity index (χ2n) is 4.17. The van der Waals surface area contributed by atoms with E-state index in [0.717, 1.165) is 5.76 Å². The van der Waals surface area contributed by atoms with Gasteiger partial charge in [-0.15, -0.1) is 0 Å². The van der Waals surface area contributed by atoms with Gasteiger partial charge in [0.2, 0.25) is 5.91 Å². The molecule has 1 aromatic heterocycles. The zero-order valence-corrected chi connectivity index (χ0v) is 9.12. The summed E-state index contributed by atoms with van der Waals surface area (Å²) in [7, 11) is 0. The number of hydrogen-bond acceptors (Lipinski definition) is 3. The fraction of sp³-hybridized carbons (Fsp3) is 0.545. The number of aliphatic hydroxyl groups is 1. The molecule has 0 radical (unpaired) electrons. The van der Waals surface area contributed by atoms with Crippen molar-refractivity contribution in [1.82, 2.24) is 5.32 Å². The molecule has 4 nitrogen and oxygen atoms in total. The van der Waals surface area contributed by atoms with Crippen LogP contribution in [0.4, 0.5) is 0 Å². The molecule has 0 saturated carbocycles. The van der Waals surface area contributed by atoms with E-state index in [2.05, 4.69) is 5.32 Å². The van der Waals surface area contributed by atoms with Crippen molar-refractivity contribution in [2.24, 2.45) is 0 Å². The molecule has 0 aliphatic heterocycles. The van der Waals surface area contributed by atoms with Gasteiger partial charge < -0.3 is 14.8 Å². The molecule has 1 heterocycles. The number of aryl methyl sites for hydroxylation is 1. The van der Waals surface area contributed by atoms with Crippen LogP contribution < -0.4 is 5.32 Å². The van der Waals surface area contributed by atoms with Crippen molar-refractivity contribution < 1.29 is 14.3 Å². The smallest absolute Gasteiger partial charge is 0.220 e. The third-order valence-electron chi connectivity index (χ3n) is 1.90. The highest BCUT2D eigenvalue weighted by Crippen LogP contribution is 2.03. The van der Waals surface area contributed by atoms with Crippen molar-refractivity contribution in [2.75, 3.05) is 6.54 Å². The van der Waals surface area contributed by atoms with Crippen molar-refractivity contribution in [3.05, 3.63) is 24.2 Å². The topological polar surface area (TPSA) is 62.5 Å². The molecule has 0 spiro atoms. The van der Waals surface area contributed by atoms with Crippen LogP contribution in [0, 0.1) is 0 Å². The van der Waals surface area contributed by atoms with Crippen LogP contribution in [0.3, 0.4) is 0 Å². The van der Waals surface area contributed by atoms with Gasteiger partial charge >= 0.3 is 0 Å². The van der Waals surface area contributed by atoms with E-state index in [1.807, 2.05) is 6.07 Å². The number of carbonyl (C=O) groups excluding carboxylic acids is 1. The van der Waals surface area contributed by atoms with Crippen LogP contribution >= 0.6 is 0 Å². The van der Waals surface area contributed by atoms with E-state index in [1.165, 1.54) is 0 Å². The molecule has 1 amide bonds. The summed E-state index contributed by atoms with van der Waals surface area (Å²) in [6.07, 6.45) is 2.55. The first-order chi connectivity index (χ1) is 6.97. The van der Waals surface area contributed by atoms with Crippen LogP contribution in [0.1, 0.15) is 26.0 Å². The summed E-state index contributed by atoms with van der Waals surface area (Å²) >= 11 is 0. The highest BCUT2D eigenvalue weighted by molar-refractivity contribution is 5.76. The Morgan fingerprint density at radius 2 is 2.33 bits per heavy atom. The van der Waals surface area contributed by atoms with Gasteiger partial charge in [-0.25, -0.2) is 0 Å². The lowest BCUT2D eigenvalue weighted by atomic mass is 10.1. The fourth-order valence-corrected chi connectivity index (χ4v) is 1.09. The SMILES string of the molecule is CC(C)(O)CNC(=O)CCc1ccco1. The zero-order chi connectivity index (χ0) is 11.3. The predicted octanol–water partition coefficient (Wildman–Crippen LogP) is 1.10. The van der Waals surface area contributed by atoms with Crippen LogP contribution in [-0.4, -0.2) is 23.2 Å². The summed E-state index contributed by atoms with van der Waals surface area (Å²) < 4.78 is 5.10. The summed E-state index contributed by atoms with van der Waals surface area (Å²) in [5.74, 6) is 0.724. The minimum atomic E-state index is -0.861. The van der Waals surface area contributed by atoms with Crippen LogP contribution in [0.5, 0.6) is 0 Å². The first-order valence-electron chi connectivity index (χ1n) is 4.99. The molecule has 0 aliphatic carbocycles. The highest BCUT2D eigenvalue weighted by atomic mass is 16.3. The third kappa shape index (κ3) is 5.22. The lowest BCUT2D eigenvalue weighted by Crippen LogP contribution is -2.38. The standard InChI is InChI=1S/C11H17NO3/c1-11(2,14)8-12-10(13)6-5-9-4-3-7-15-9/h3-4,7,14H,5-6,8H2,1-2H3,(H,12,13). The van der Waals surface area contributed by atoms with Crippen LogP contribution in [0.25, 0.3) is 0 Å². The molecule has 84 valence electrons. The van der Waals surface area contributed by atoms with Gasteiger partial charge in [0.1, 0.15) is 5.76 Å². The maximum absolute atomic E-state index is 11.3. The Bertz CT molecular complexity index is 298. The Morgan fingerprint density at radius 1 is 1.60 bits per heavy atom. The molecule has 1 aromatic rings. The molecule has 1 rings (SSSR count). The zero-order valence-electron chi connectivity index (χ0n) is 9.12. The summed E-state index contributed by atoms with van der Waals surface area (Å²) in [5, 5.41) is 12.0. The van der Waals surface area contributed by atoms with E-state index in [0.29, 0.717) is 12.8 Å². The van der Waals surface area contributed by atoms with Crippen molar-refractivity contribution in [3.8, 4) is 0 Å². The molecule has 0 unspecified atom stereocenters. The van der Waals surface area contributed by atoms with Crippen molar-refractivity contribution in [3.63, 3.8) is 0 Å². The third-order valence-corrected chi connectivity index (χ3v) is 1.90. The van der Waals surface area contributed by atoms with Gasteiger partial charge in [0.05, 0.1) is 11.9 Å². The van der Waals surface area contributed by atoms with Crippen LogP contribution in [0.2, 0.25) is 0 Å². The largest absolute Gasteiger partial charge is 0.469 e. The summed E-state index contributed by atoms with van der Waals surface area (Å²) in [5.41, 5.74) is -0.861. The minimum Gasteiger partial charge on any atom is -0.469 e.